The molecule has 0 spiro atoms. The molecule has 7 nitrogen and oxygen atoms in total. The van der Waals surface area contributed by atoms with E-state index in [1.165, 1.54) is 6.07 Å². The molecule has 166 valence electrons. The smallest absolute Gasteiger partial charge is 0.343 e. The maximum Gasteiger partial charge on any atom is 0.343 e. The third kappa shape index (κ3) is 2.58. The van der Waals surface area contributed by atoms with Gasteiger partial charge in [-0.15, -0.1) is 0 Å². The number of hydrogen-bond donors (Lipinski definition) is 2. The van der Waals surface area contributed by atoms with E-state index in [-0.39, 0.29) is 41.9 Å². The van der Waals surface area contributed by atoms with Gasteiger partial charge in [-0.1, -0.05) is 26.6 Å². The van der Waals surface area contributed by atoms with Crippen LogP contribution in [-0.4, -0.2) is 28.7 Å². The number of pyridine rings is 2. The van der Waals surface area contributed by atoms with E-state index in [1.54, 1.807) is 23.6 Å². The fraction of sp³-hybridized carbons (Fsp3) is 0.348. The third-order valence-corrected chi connectivity index (χ3v) is 8.62. The first kappa shape index (κ1) is 20.8. The molecule has 0 bridgehead atoms. The Morgan fingerprint density at radius 3 is 2.66 bits per heavy atom. The zero-order valence-electron chi connectivity index (χ0n) is 18.4. The second kappa shape index (κ2) is 6.49. The number of nitrogen functional groups attached to an aromatic ring is 1. The molecule has 0 saturated carbocycles. The number of fused-ring (bicyclic) bond motifs is 5. The molecule has 2 aliphatic heterocycles. The van der Waals surface area contributed by atoms with Crippen LogP contribution in [0.25, 0.3) is 22.3 Å². The number of cyclic esters (lactones) is 1. The van der Waals surface area contributed by atoms with Crippen LogP contribution in [0.5, 0.6) is 0 Å². The summed E-state index contributed by atoms with van der Waals surface area (Å²) in [6, 6.07) is 4.86. The lowest BCUT2D eigenvalue weighted by Crippen LogP contribution is -2.44. The van der Waals surface area contributed by atoms with Crippen LogP contribution in [0.3, 0.4) is 0 Å². The molecule has 32 heavy (non-hydrogen) atoms. The maximum atomic E-state index is 15.2. The van der Waals surface area contributed by atoms with E-state index in [1.807, 2.05) is 0 Å². The van der Waals surface area contributed by atoms with Crippen molar-refractivity contribution < 1.29 is 19.0 Å². The Kier molecular flexibility index (Phi) is 4.22. The highest BCUT2D eigenvalue weighted by atomic mass is 28.3. The number of aromatic nitrogens is 2. The van der Waals surface area contributed by atoms with Crippen LogP contribution in [0, 0.1) is 5.82 Å². The normalized spacial score (nSPS) is 19.5. The molecule has 0 radical (unpaired) electrons. The summed E-state index contributed by atoms with van der Waals surface area (Å²) < 4.78 is 21.9. The number of anilines is 1. The molecule has 0 amide bonds. The Balaban J connectivity index is 1.89. The minimum atomic E-state index is -2.12. The van der Waals surface area contributed by atoms with Gasteiger partial charge in [0.05, 0.1) is 42.8 Å². The van der Waals surface area contributed by atoms with Crippen LogP contribution in [0.4, 0.5) is 10.1 Å². The summed E-state index contributed by atoms with van der Waals surface area (Å²) in [6.45, 7) is 8.06. The summed E-state index contributed by atoms with van der Waals surface area (Å²) in [6.07, 6.45) is 0.0738. The molecule has 1 atom stereocenters. The summed E-state index contributed by atoms with van der Waals surface area (Å²) in [5.41, 5.74) is 6.61. The molecule has 5 rings (SSSR count). The maximum absolute atomic E-state index is 15.2. The van der Waals surface area contributed by atoms with Crippen molar-refractivity contribution in [2.45, 2.75) is 51.7 Å². The lowest BCUT2D eigenvalue weighted by molar-refractivity contribution is -0.172. The van der Waals surface area contributed by atoms with Crippen molar-refractivity contribution in [1.29, 1.82) is 0 Å². The third-order valence-electron chi connectivity index (χ3n) is 6.57. The number of carbonyl (C=O) groups excluding carboxylic acids is 1. The number of benzene rings is 1. The van der Waals surface area contributed by atoms with Gasteiger partial charge in [0.1, 0.15) is 6.61 Å². The molecule has 0 aliphatic carbocycles. The monoisotopic (exact) mass is 453 g/mol. The fourth-order valence-corrected chi connectivity index (χ4v) is 7.07. The predicted molar refractivity (Wildman–Crippen MR) is 122 cm³/mol. The van der Waals surface area contributed by atoms with E-state index in [2.05, 4.69) is 19.6 Å². The second-order valence-corrected chi connectivity index (χ2v) is 14.5. The molecule has 2 aliphatic rings. The molecular weight excluding hydrogens is 429 g/mol. The van der Waals surface area contributed by atoms with E-state index in [4.69, 9.17) is 15.5 Å². The van der Waals surface area contributed by atoms with E-state index >= 15 is 4.39 Å². The van der Waals surface area contributed by atoms with Gasteiger partial charge in [-0.3, -0.25) is 4.79 Å². The lowest BCUT2D eigenvalue weighted by atomic mass is 9.86. The number of nitrogens with zero attached hydrogens (tertiary/aromatic N) is 2. The van der Waals surface area contributed by atoms with Crippen molar-refractivity contribution in [2.24, 2.45) is 0 Å². The predicted octanol–water partition coefficient (Wildman–Crippen LogP) is 2.35. The Morgan fingerprint density at radius 1 is 1.28 bits per heavy atom. The Morgan fingerprint density at radius 2 is 2.00 bits per heavy atom. The van der Waals surface area contributed by atoms with E-state index in [9.17, 15) is 14.7 Å². The molecule has 1 aromatic carbocycles. The fourth-order valence-electron chi connectivity index (χ4n) is 4.97. The number of aliphatic hydroxyl groups is 1. The minimum absolute atomic E-state index is 0.0607. The van der Waals surface area contributed by atoms with Crippen LogP contribution in [-0.2, 0) is 28.3 Å². The lowest BCUT2D eigenvalue weighted by Gasteiger charge is -2.31. The van der Waals surface area contributed by atoms with Gasteiger partial charge in [-0.25, -0.2) is 14.2 Å². The second-order valence-electron chi connectivity index (χ2n) is 9.53. The number of hydrogen-bond acceptors (Lipinski definition) is 6. The summed E-state index contributed by atoms with van der Waals surface area (Å²) >= 11 is 0. The van der Waals surface area contributed by atoms with Crippen LogP contribution in [0.1, 0.15) is 30.0 Å². The molecule has 2 aromatic heterocycles. The van der Waals surface area contributed by atoms with Gasteiger partial charge < -0.3 is 20.1 Å². The van der Waals surface area contributed by atoms with Crippen LogP contribution < -0.4 is 16.5 Å². The topological polar surface area (TPSA) is 107 Å². The highest BCUT2D eigenvalue weighted by Crippen LogP contribution is 2.39. The van der Waals surface area contributed by atoms with Gasteiger partial charge >= 0.3 is 5.97 Å². The first-order valence-electron chi connectivity index (χ1n) is 10.6. The summed E-state index contributed by atoms with van der Waals surface area (Å²) in [5, 5.41) is 12.3. The summed E-state index contributed by atoms with van der Waals surface area (Å²) in [5.74, 6) is -1.25. The quantitative estimate of drug-likeness (QED) is 0.274. The van der Waals surface area contributed by atoms with Gasteiger partial charge in [-0.2, -0.15) is 0 Å². The van der Waals surface area contributed by atoms with Gasteiger partial charge in [0.2, 0.25) is 0 Å². The average molecular weight is 454 g/mol. The average Bonchev–Trinajstić information content (AvgIpc) is 3.10. The van der Waals surface area contributed by atoms with Gasteiger partial charge in [-0.05, 0) is 35.4 Å². The van der Waals surface area contributed by atoms with E-state index in [0.29, 0.717) is 22.3 Å². The van der Waals surface area contributed by atoms with Crippen molar-refractivity contribution >= 4 is 35.8 Å². The minimum Gasteiger partial charge on any atom is -0.458 e. The van der Waals surface area contributed by atoms with E-state index < -0.39 is 25.5 Å². The van der Waals surface area contributed by atoms with Crippen molar-refractivity contribution in [3.63, 3.8) is 0 Å². The van der Waals surface area contributed by atoms with Gasteiger partial charge in [0.25, 0.3) is 5.56 Å². The molecular formula is C23H24FN3O4Si. The SMILES string of the molecule is CC[C@]1(O)C(=O)OCc2c1cc1n(c2=O)Cc2c-1nc1ccc(N)c(F)c1c2[Si](C)(C)C. The van der Waals surface area contributed by atoms with E-state index in [0.717, 1.165) is 10.8 Å². The molecule has 3 aromatic rings. The standard InChI is InChI=1S/C23H24FN3O4Si/c1-5-23(30)13-8-16-19-11(9-27(16)21(28)12(13)10-31-22(23)29)20(32(2,3)4)17-15(26-19)7-6-14(25)18(17)24/h6-8,30H,5,9-10,25H2,1-4H3/t23-/m1/s1. The molecule has 4 heterocycles. The van der Waals surface area contributed by atoms with Crippen LogP contribution in [0.15, 0.2) is 23.0 Å². The van der Waals surface area contributed by atoms with Crippen molar-refractivity contribution in [1.82, 2.24) is 9.55 Å². The Bertz CT molecular complexity index is 1410. The number of ether oxygens (including phenoxy) is 1. The van der Waals surface area contributed by atoms with Crippen LogP contribution >= 0.6 is 0 Å². The summed E-state index contributed by atoms with van der Waals surface area (Å²) in [7, 11) is -2.12. The number of rotatable bonds is 2. The van der Waals surface area contributed by atoms with Crippen LogP contribution in [0.2, 0.25) is 19.6 Å². The highest BCUT2D eigenvalue weighted by molar-refractivity contribution is 6.90. The zero-order chi connectivity index (χ0) is 23.2. The number of nitrogens with two attached hydrogens (primary N) is 1. The number of esters is 1. The van der Waals surface area contributed by atoms with Crippen molar-refractivity contribution in [2.75, 3.05) is 5.73 Å². The Hall–Kier alpha value is -3.04. The molecule has 0 saturated heterocycles. The summed E-state index contributed by atoms with van der Waals surface area (Å²) in [4.78, 5) is 30.5. The first-order chi connectivity index (χ1) is 15.0. The van der Waals surface area contributed by atoms with Gasteiger partial charge in [0, 0.05) is 10.9 Å². The molecule has 9 heteroatoms. The zero-order valence-corrected chi connectivity index (χ0v) is 19.4. The highest BCUT2D eigenvalue weighted by Gasteiger charge is 2.45. The molecule has 0 unspecified atom stereocenters. The molecule has 0 fully saturated rings. The Labute approximate surface area is 184 Å². The number of halogens is 1. The van der Waals surface area contributed by atoms with Crippen molar-refractivity contribution in [3.05, 3.63) is 51.1 Å². The van der Waals surface area contributed by atoms with Gasteiger partial charge in [0.15, 0.2) is 11.4 Å². The van der Waals surface area contributed by atoms with Crippen molar-refractivity contribution in [3.8, 4) is 11.4 Å². The largest absolute Gasteiger partial charge is 0.458 e. The number of carbonyl (C=O) groups is 1. The molecule has 3 N–H and O–H groups in total. The first-order valence-corrected chi connectivity index (χ1v) is 14.1.